The Bertz CT molecular complexity index is 2830. The number of hydrogen-bond donors (Lipinski definition) is 0. The molecule has 0 aliphatic heterocycles. The van der Waals surface area contributed by atoms with Gasteiger partial charge in [0.2, 0.25) is 0 Å². The first-order valence-corrected chi connectivity index (χ1v) is 17.7. The van der Waals surface area contributed by atoms with Gasteiger partial charge in [-0.3, -0.25) is 0 Å². The lowest BCUT2D eigenvalue weighted by Gasteiger charge is -2.26. The summed E-state index contributed by atoms with van der Waals surface area (Å²) in [6.07, 6.45) is 0. The second kappa shape index (κ2) is 11.3. The molecule has 10 rings (SSSR count). The van der Waals surface area contributed by atoms with Gasteiger partial charge in [-0.2, -0.15) is 0 Å². The van der Waals surface area contributed by atoms with E-state index < -0.39 is 0 Å². The van der Waals surface area contributed by atoms with Gasteiger partial charge in [0.1, 0.15) is 0 Å². The van der Waals surface area contributed by atoms with Gasteiger partial charge in [-0.25, -0.2) is 9.97 Å². The molecule has 0 radical (unpaired) electrons. The summed E-state index contributed by atoms with van der Waals surface area (Å²) in [5, 5.41) is 7.36. The number of fused-ring (bicyclic) bond motifs is 7. The van der Waals surface area contributed by atoms with Crippen LogP contribution < -0.4 is 0 Å². The van der Waals surface area contributed by atoms with E-state index in [4.69, 9.17) is 9.97 Å². The number of benzene rings is 8. The SMILES string of the molecule is CC1(C)c2c(cccc2-c2ccc(-c3nc(-c4ccccc4)cc(-c4ccc5ccccc5c4)n3)c3ccccc23)-c2ccc3ccccc3c21. The first-order chi connectivity index (χ1) is 25.0. The van der Waals surface area contributed by atoms with Crippen molar-refractivity contribution in [2.45, 2.75) is 19.3 Å². The molecule has 9 aromatic rings. The summed E-state index contributed by atoms with van der Waals surface area (Å²) in [6, 6.07) is 61.1. The Morgan fingerprint density at radius 3 is 1.69 bits per heavy atom. The average Bonchev–Trinajstić information content (AvgIpc) is 3.44. The van der Waals surface area contributed by atoms with Crippen LogP contribution in [0.1, 0.15) is 25.0 Å². The van der Waals surface area contributed by atoms with Gasteiger partial charge >= 0.3 is 0 Å². The third-order valence-electron chi connectivity index (χ3n) is 10.8. The molecule has 2 nitrogen and oxygen atoms in total. The molecular weight excluding hydrogens is 617 g/mol. The van der Waals surface area contributed by atoms with Crippen LogP contribution in [0.5, 0.6) is 0 Å². The van der Waals surface area contributed by atoms with Crippen LogP contribution >= 0.6 is 0 Å². The first-order valence-electron chi connectivity index (χ1n) is 17.7. The molecule has 1 aromatic heterocycles. The maximum atomic E-state index is 5.28. The summed E-state index contributed by atoms with van der Waals surface area (Å²) in [7, 11) is 0. The Balaban J connectivity index is 1.17. The molecule has 8 aromatic carbocycles. The van der Waals surface area contributed by atoms with Crippen LogP contribution in [-0.4, -0.2) is 9.97 Å². The zero-order valence-electron chi connectivity index (χ0n) is 28.6. The number of aromatic nitrogens is 2. The van der Waals surface area contributed by atoms with Crippen LogP contribution in [0.15, 0.2) is 170 Å². The van der Waals surface area contributed by atoms with Crippen molar-refractivity contribution in [3.8, 4) is 56.2 Å². The highest BCUT2D eigenvalue weighted by Gasteiger charge is 2.39. The molecule has 0 N–H and O–H groups in total. The lowest BCUT2D eigenvalue weighted by atomic mass is 9.77. The summed E-state index contributed by atoms with van der Waals surface area (Å²) in [5.41, 5.74) is 12.8. The lowest BCUT2D eigenvalue weighted by molar-refractivity contribution is 0.668. The molecule has 1 heterocycles. The van der Waals surface area contributed by atoms with Crippen molar-refractivity contribution in [2.24, 2.45) is 0 Å². The van der Waals surface area contributed by atoms with Crippen molar-refractivity contribution in [2.75, 3.05) is 0 Å². The monoisotopic (exact) mass is 650 g/mol. The van der Waals surface area contributed by atoms with E-state index in [-0.39, 0.29) is 5.41 Å². The summed E-state index contributed by atoms with van der Waals surface area (Å²) in [4.78, 5) is 10.5. The quantitative estimate of drug-likeness (QED) is 0.189. The van der Waals surface area contributed by atoms with Crippen molar-refractivity contribution in [3.63, 3.8) is 0 Å². The van der Waals surface area contributed by atoms with Crippen molar-refractivity contribution in [1.29, 1.82) is 0 Å². The molecule has 240 valence electrons. The van der Waals surface area contributed by atoms with Crippen molar-refractivity contribution in [3.05, 3.63) is 181 Å². The average molecular weight is 651 g/mol. The molecule has 0 bridgehead atoms. The van der Waals surface area contributed by atoms with Crippen LogP contribution in [0.4, 0.5) is 0 Å². The van der Waals surface area contributed by atoms with Crippen LogP contribution in [0, 0.1) is 0 Å². The predicted octanol–water partition coefficient (Wildman–Crippen LogP) is 12.9. The van der Waals surface area contributed by atoms with Crippen LogP contribution in [0.3, 0.4) is 0 Å². The molecular formula is C49H34N2. The van der Waals surface area contributed by atoms with E-state index >= 15 is 0 Å². The second-order valence-electron chi connectivity index (χ2n) is 14.2. The van der Waals surface area contributed by atoms with E-state index in [9.17, 15) is 0 Å². The summed E-state index contributed by atoms with van der Waals surface area (Å²) < 4.78 is 0. The number of rotatable bonds is 4. The highest BCUT2D eigenvalue weighted by molar-refractivity contribution is 6.07. The van der Waals surface area contributed by atoms with E-state index in [1.54, 1.807) is 0 Å². The normalized spacial score (nSPS) is 13.1. The minimum absolute atomic E-state index is 0.177. The first kappa shape index (κ1) is 29.5. The van der Waals surface area contributed by atoms with Gasteiger partial charge in [0.25, 0.3) is 0 Å². The van der Waals surface area contributed by atoms with Crippen molar-refractivity contribution >= 4 is 32.3 Å². The minimum Gasteiger partial charge on any atom is -0.228 e. The van der Waals surface area contributed by atoms with E-state index in [0.29, 0.717) is 0 Å². The van der Waals surface area contributed by atoms with Crippen molar-refractivity contribution in [1.82, 2.24) is 9.97 Å². The highest BCUT2D eigenvalue weighted by Crippen LogP contribution is 2.55. The summed E-state index contributed by atoms with van der Waals surface area (Å²) >= 11 is 0. The van der Waals surface area contributed by atoms with Crippen LogP contribution in [0.25, 0.3) is 88.5 Å². The molecule has 0 atom stereocenters. The fourth-order valence-corrected chi connectivity index (χ4v) is 8.52. The largest absolute Gasteiger partial charge is 0.228 e. The molecule has 0 fully saturated rings. The minimum atomic E-state index is -0.177. The summed E-state index contributed by atoms with van der Waals surface area (Å²) in [6.45, 7) is 4.78. The third kappa shape index (κ3) is 4.64. The maximum absolute atomic E-state index is 5.28. The Hall–Kier alpha value is -6.38. The second-order valence-corrected chi connectivity index (χ2v) is 14.2. The van der Waals surface area contributed by atoms with Gasteiger partial charge in [0, 0.05) is 22.1 Å². The Labute approximate surface area is 297 Å². The maximum Gasteiger partial charge on any atom is 0.161 e. The zero-order valence-corrected chi connectivity index (χ0v) is 28.6. The zero-order chi connectivity index (χ0) is 34.1. The third-order valence-corrected chi connectivity index (χ3v) is 10.8. The molecule has 1 aliphatic rings. The summed E-state index contributed by atoms with van der Waals surface area (Å²) in [5.74, 6) is 0.722. The van der Waals surface area contributed by atoms with Gasteiger partial charge < -0.3 is 0 Å². The fourth-order valence-electron chi connectivity index (χ4n) is 8.52. The smallest absolute Gasteiger partial charge is 0.161 e. The van der Waals surface area contributed by atoms with Crippen LogP contribution in [-0.2, 0) is 5.41 Å². The molecule has 1 aliphatic carbocycles. The van der Waals surface area contributed by atoms with E-state index in [2.05, 4.69) is 178 Å². The molecule has 2 heteroatoms. The topological polar surface area (TPSA) is 25.8 Å². The molecule has 0 saturated heterocycles. The van der Waals surface area contributed by atoms with E-state index in [1.165, 1.54) is 60.3 Å². The van der Waals surface area contributed by atoms with Crippen LogP contribution in [0.2, 0.25) is 0 Å². The number of hydrogen-bond acceptors (Lipinski definition) is 2. The number of nitrogens with zero attached hydrogens (tertiary/aromatic N) is 2. The van der Waals surface area contributed by atoms with Gasteiger partial charge in [-0.1, -0.05) is 166 Å². The molecule has 51 heavy (non-hydrogen) atoms. The molecule has 0 amide bonds. The Kier molecular flexibility index (Phi) is 6.56. The van der Waals surface area contributed by atoms with Crippen molar-refractivity contribution < 1.29 is 0 Å². The van der Waals surface area contributed by atoms with Gasteiger partial charge in [-0.05, 0) is 83.9 Å². The predicted molar refractivity (Wildman–Crippen MR) is 214 cm³/mol. The van der Waals surface area contributed by atoms with Gasteiger partial charge in [0.05, 0.1) is 11.4 Å². The Morgan fingerprint density at radius 1 is 0.353 bits per heavy atom. The Morgan fingerprint density at radius 2 is 0.902 bits per heavy atom. The lowest BCUT2D eigenvalue weighted by Crippen LogP contribution is -2.17. The molecule has 0 unspecified atom stereocenters. The van der Waals surface area contributed by atoms with E-state index in [1.807, 2.05) is 6.07 Å². The molecule has 0 spiro atoms. The standard InChI is InChI=1S/C49H34N2/c1-49(2)46-36-18-9-8-14-32(36)25-26-42(46)41-22-12-21-40(47(41)49)39-27-28-43(38-20-11-10-19-37(38)39)48-50-44(33-15-4-3-5-16-33)30-45(51-48)35-24-23-31-13-6-7-17-34(31)29-35/h3-30H,1-2H3. The fraction of sp³-hybridized carbons (Fsp3) is 0.0612. The van der Waals surface area contributed by atoms with Gasteiger partial charge in [0.15, 0.2) is 5.82 Å². The molecule has 0 saturated carbocycles. The van der Waals surface area contributed by atoms with E-state index in [0.717, 1.165) is 39.3 Å². The highest BCUT2D eigenvalue weighted by atomic mass is 14.9. The van der Waals surface area contributed by atoms with Gasteiger partial charge in [-0.15, -0.1) is 0 Å².